The zero-order chi connectivity index (χ0) is 15.9. The fraction of sp³-hybridized carbons (Fsp3) is 0.235. The summed E-state index contributed by atoms with van der Waals surface area (Å²) >= 11 is 5.14. The van der Waals surface area contributed by atoms with E-state index in [0.29, 0.717) is 6.54 Å². The molecule has 2 rings (SSSR count). The molecular formula is C17H19BrN2OS. The Morgan fingerprint density at radius 3 is 2.77 bits per heavy atom. The summed E-state index contributed by atoms with van der Waals surface area (Å²) in [6.45, 7) is 0.586. The Labute approximate surface area is 143 Å². The molecule has 1 heterocycles. The van der Waals surface area contributed by atoms with Crippen molar-refractivity contribution in [3.8, 4) is 0 Å². The molecule has 1 amide bonds. The molecular weight excluding hydrogens is 360 g/mol. The van der Waals surface area contributed by atoms with Gasteiger partial charge in [-0.1, -0.05) is 34.1 Å². The molecule has 0 saturated heterocycles. The number of likely N-dealkylation sites (N-methyl/N-ethyl adjacent to an activating group) is 1. The van der Waals surface area contributed by atoms with E-state index in [1.165, 1.54) is 5.56 Å². The largest absolute Gasteiger partial charge is 0.351 e. The summed E-state index contributed by atoms with van der Waals surface area (Å²) in [4.78, 5) is 14.1. The van der Waals surface area contributed by atoms with E-state index < -0.39 is 0 Å². The van der Waals surface area contributed by atoms with Gasteiger partial charge in [0.1, 0.15) is 0 Å². The molecule has 3 nitrogen and oxygen atoms in total. The van der Waals surface area contributed by atoms with Crippen LogP contribution in [0.25, 0.3) is 6.08 Å². The molecule has 0 spiro atoms. The summed E-state index contributed by atoms with van der Waals surface area (Å²) in [5.74, 6) is -0.0853. The smallest absolute Gasteiger partial charge is 0.244 e. The maximum absolute atomic E-state index is 12.0. The molecule has 116 valence electrons. The van der Waals surface area contributed by atoms with Crippen molar-refractivity contribution in [2.24, 2.45) is 0 Å². The van der Waals surface area contributed by atoms with Crippen molar-refractivity contribution in [3.05, 3.63) is 62.8 Å². The Kier molecular flexibility index (Phi) is 6.36. The van der Waals surface area contributed by atoms with Crippen LogP contribution in [0.3, 0.4) is 0 Å². The SMILES string of the molecule is CN(C)C(CNC(=O)/C=C/c1ccccc1Br)c1ccsc1. The van der Waals surface area contributed by atoms with Gasteiger partial charge in [0.05, 0.1) is 6.04 Å². The Morgan fingerprint density at radius 2 is 2.14 bits per heavy atom. The van der Waals surface area contributed by atoms with Gasteiger partial charge in [-0.05, 0) is 54.2 Å². The molecule has 5 heteroatoms. The normalized spacial score (nSPS) is 12.7. The average Bonchev–Trinajstić information content (AvgIpc) is 3.00. The van der Waals surface area contributed by atoms with Crippen molar-refractivity contribution in [1.82, 2.24) is 10.2 Å². The van der Waals surface area contributed by atoms with E-state index in [2.05, 4.69) is 43.0 Å². The fourth-order valence-corrected chi connectivity index (χ4v) is 3.22. The molecule has 0 saturated carbocycles. The Morgan fingerprint density at radius 1 is 1.36 bits per heavy atom. The van der Waals surface area contributed by atoms with Crippen LogP contribution in [0.15, 0.2) is 51.6 Å². The molecule has 1 N–H and O–H groups in total. The van der Waals surface area contributed by atoms with Crippen LogP contribution in [-0.4, -0.2) is 31.4 Å². The molecule has 1 atom stereocenters. The third-order valence-electron chi connectivity index (χ3n) is 3.34. The molecule has 22 heavy (non-hydrogen) atoms. The van der Waals surface area contributed by atoms with E-state index in [4.69, 9.17) is 0 Å². The highest BCUT2D eigenvalue weighted by molar-refractivity contribution is 9.10. The maximum Gasteiger partial charge on any atom is 0.244 e. The number of carbonyl (C=O) groups is 1. The highest BCUT2D eigenvalue weighted by atomic mass is 79.9. The molecule has 0 aliphatic heterocycles. The number of rotatable bonds is 6. The summed E-state index contributed by atoms with van der Waals surface area (Å²) in [6, 6.07) is 10.1. The Bertz CT molecular complexity index is 638. The van der Waals surface area contributed by atoms with E-state index in [1.54, 1.807) is 17.4 Å². The quantitative estimate of drug-likeness (QED) is 0.771. The van der Waals surface area contributed by atoms with Crippen molar-refractivity contribution < 1.29 is 4.79 Å². The molecule has 2 aromatic rings. The summed E-state index contributed by atoms with van der Waals surface area (Å²) in [6.07, 6.45) is 3.38. The third kappa shape index (κ3) is 4.80. The summed E-state index contributed by atoms with van der Waals surface area (Å²) in [5, 5.41) is 7.14. The zero-order valence-corrected chi connectivity index (χ0v) is 15.0. The lowest BCUT2D eigenvalue weighted by atomic mass is 10.1. The molecule has 0 radical (unpaired) electrons. The van der Waals surface area contributed by atoms with E-state index in [0.717, 1.165) is 10.0 Å². The van der Waals surface area contributed by atoms with Crippen LogP contribution in [0.4, 0.5) is 0 Å². The second-order valence-electron chi connectivity index (χ2n) is 5.14. The summed E-state index contributed by atoms with van der Waals surface area (Å²) in [5.41, 5.74) is 2.21. The molecule has 1 unspecified atom stereocenters. The van der Waals surface area contributed by atoms with Crippen molar-refractivity contribution in [2.75, 3.05) is 20.6 Å². The summed E-state index contributed by atoms with van der Waals surface area (Å²) in [7, 11) is 4.04. The van der Waals surface area contributed by atoms with Crippen LogP contribution in [0, 0.1) is 0 Å². The number of carbonyl (C=O) groups excluding carboxylic acids is 1. The molecule has 1 aromatic heterocycles. The van der Waals surface area contributed by atoms with Gasteiger partial charge in [-0.2, -0.15) is 11.3 Å². The maximum atomic E-state index is 12.0. The first-order chi connectivity index (χ1) is 10.6. The van der Waals surface area contributed by atoms with Gasteiger partial charge in [-0.25, -0.2) is 0 Å². The second-order valence-corrected chi connectivity index (χ2v) is 6.77. The van der Waals surface area contributed by atoms with Crippen molar-refractivity contribution in [2.45, 2.75) is 6.04 Å². The van der Waals surface area contributed by atoms with Gasteiger partial charge >= 0.3 is 0 Å². The minimum atomic E-state index is -0.0853. The number of hydrogen-bond acceptors (Lipinski definition) is 3. The highest BCUT2D eigenvalue weighted by Gasteiger charge is 2.14. The van der Waals surface area contributed by atoms with Gasteiger partial charge in [-0.3, -0.25) is 4.79 Å². The van der Waals surface area contributed by atoms with Crippen LogP contribution < -0.4 is 5.32 Å². The first kappa shape index (κ1) is 16.9. The van der Waals surface area contributed by atoms with Crippen LogP contribution in [0.1, 0.15) is 17.2 Å². The van der Waals surface area contributed by atoms with Gasteiger partial charge in [0.2, 0.25) is 5.91 Å². The van der Waals surface area contributed by atoms with E-state index in [9.17, 15) is 4.79 Å². The molecule has 0 aliphatic carbocycles. The van der Waals surface area contributed by atoms with Crippen LogP contribution in [0.5, 0.6) is 0 Å². The van der Waals surface area contributed by atoms with Crippen molar-refractivity contribution in [1.29, 1.82) is 0 Å². The lowest BCUT2D eigenvalue weighted by Gasteiger charge is -2.23. The van der Waals surface area contributed by atoms with Gasteiger partial charge in [0, 0.05) is 17.1 Å². The first-order valence-electron chi connectivity index (χ1n) is 6.97. The highest BCUT2D eigenvalue weighted by Crippen LogP contribution is 2.20. The minimum Gasteiger partial charge on any atom is -0.351 e. The predicted octanol–water partition coefficient (Wildman–Crippen LogP) is 3.94. The molecule has 0 fully saturated rings. The average molecular weight is 379 g/mol. The van der Waals surface area contributed by atoms with Crippen LogP contribution >= 0.6 is 27.3 Å². The summed E-state index contributed by atoms with van der Waals surface area (Å²) < 4.78 is 0.975. The lowest BCUT2D eigenvalue weighted by Crippen LogP contribution is -2.33. The topological polar surface area (TPSA) is 32.3 Å². The Hall–Kier alpha value is -1.43. The van der Waals surface area contributed by atoms with E-state index in [-0.39, 0.29) is 11.9 Å². The number of amides is 1. The van der Waals surface area contributed by atoms with Gasteiger partial charge in [-0.15, -0.1) is 0 Å². The number of halogens is 1. The van der Waals surface area contributed by atoms with Gasteiger partial charge < -0.3 is 10.2 Å². The van der Waals surface area contributed by atoms with Crippen LogP contribution in [0.2, 0.25) is 0 Å². The fourth-order valence-electron chi connectivity index (χ4n) is 2.10. The minimum absolute atomic E-state index is 0.0853. The van der Waals surface area contributed by atoms with E-state index in [1.807, 2.05) is 44.4 Å². The van der Waals surface area contributed by atoms with Crippen LogP contribution in [-0.2, 0) is 4.79 Å². The number of thiophene rings is 1. The monoisotopic (exact) mass is 378 g/mol. The zero-order valence-electron chi connectivity index (χ0n) is 12.6. The van der Waals surface area contributed by atoms with Gasteiger partial charge in [0.15, 0.2) is 0 Å². The molecule has 0 bridgehead atoms. The van der Waals surface area contributed by atoms with Crippen molar-refractivity contribution in [3.63, 3.8) is 0 Å². The predicted molar refractivity (Wildman–Crippen MR) is 96.9 cm³/mol. The van der Waals surface area contributed by atoms with Gasteiger partial charge in [0.25, 0.3) is 0 Å². The third-order valence-corrected chi connectivity index (χ3v) is 4.76. The second kappa shape index (κ2) is 8.27. The number of benzene rings is 1. The number of hydrogen-bond donors (Lipinski definition) is 1. The number of nitrogens with one attached hydrogen (secondary N) is 1. The van der Waals surface area contributed by atoms with E-state index >= 15 is 0 Å². The standard InChI is InChI=1S/C17H19BrN2OS/c1-20(2)16(14-9-10-22-12-14)11-19-17(21)8-7-13-5-3-4-6-15(13)18/h3-10,12,16H,11H2,1-2H3,(H,19,21)/b8-7+. The molecule has 1 aromatic carbocycles. The first-order valence-corrected chi connectivity index (χ1v) is 8.70. The van der Waals surface area contributed by atoms with Crippen molar-refractivity contribution >= 4 is 39.2 Å². The molecule has 0 aliphatic rings. The number of nitrogens with zero attached hydrogens (tertiary/aromatic N) is 1. The lowest BCUT2D eigenvalue weighted by molar-refractivity contribution is -0.116. The Balaban J connectivity index is 1.93.